The fourth-order valence-electron chi connectivity index (χ4n) is 0.921. The van der Waals surface area contributed by atoms with Gasteiger partial charge < -0.3 is 5.32 Å². The van der Waals surface area contributed by atoms with Crippen LogP contribution in [0.2, 0.25) is 0 Å². The molecule has 0 spiro atoms. The first-order valence-corrected chi connectivity index (χ1v) is 5.05. The second-order valence-electron chi connectivity index (χ2n) is 2.52. The Morgan fingerprint density at radius 2 is 2.29 bits per heavy atom. The number of hydrogen-bond acceptors (Lipinski definition) is 2. The maximum absolute atomic E-state index is 11.0. The third-order valence-electron chi connectivity index (χ3n) is 1.43. The largest absolute Gasteiger partial charge is 0.325 e. The molecule has 3 nitrogen and oxygen atoms in total. The molecule has 0 radical (unpaired) electrons. The van der Waals surface area contributed by atoms with E-state index < -0.39 is 0 Å². The van der Waals surface area contributed by atoms with Gasteiger partial charge in [0, 0.05) is 10.2 Å². The molecule has 1 amide bonds. The first-order valence-electron chi connectivity index (χ1n) is 3.72. The van der Waals surface area contributed by atoms with E-state index in [1.807, 2.05) is 6.07 Å². The average molecular weight is 274 g/mol. The predicted octanol–water partition coefficient (Wildman–Crippen LogP) is 2.50. The molecule has 5 heteroatoms. The summed E-state index contributed by atoms with van der Waals surface area (Å²) in [5, 5.41) is 11.2. The highest BCUT2D eigenvalue weighted by molar-refractivity contribution is 9.10. The van der Waals surface area contributed by atoms with E-state index in [4.69, 9.17) is 16.9 Å². The summed E-state index contributed by atoms with van der Waals surface area (Å²) in [5.74, 6) is -0.400. The quantitative estimate of drug-likeness (QED) is 0.842. The number of rotatable bonds is 2. The minimum absolute atomic E-state index is 0.103. The van der Waals surface area contributed by atoms with Gasteiger partial charge in [0.2, 0.25) is 5.91 Å². The van der Waals surface area contributed by atoms with E-state index in [1.54, 1.807) is 18.2 Å². The summed E-state index contributed by atoms with van der Waals surface area (Å²) in [5.41, 5.74) is 1.03. The van der Waals surface area contributed by atoms with Gasteiger partial charge in [-0.25, -0.2) is 0 Å². The summed E-state index contributed by atoms with van der Waals surface area (Å²) < 4.78 is 0.737. The highest BCUT2D eigenvalue weighted by atomic mass is 79.9. The van der Waals surface area contributed by atoms with Crippen molar-refractivity contribution >= 4 is 39.1 Å². The number of nitrogens with zero attached hydrogens (tertiary/aromatic N) is 1. The summed E-state index contributed by atoms with van der Waals surface area (Å²) in [7, 11) is 0. The number of nitriles is 1. The van der Waals surface area contributed by atoms with Crippen molar-refractivity contribution in [3.05, 3.63) is 28.2 Å². The predicted molar refractivity (Wildman–Crippen MR) is 58.2 cm³/mol. The van der Waals surface area contributed by atoms with E-state index in [-0.39, 0.29) is 11.8 Å². The molecule has 0 atom stereocenters. The van der Waals surface area contributed by atoms with Crippen molar-refractivity contribution in [1.29, 1.82) is 5.26 Å². The van der Waals surface area contributed by atoms with E-state index in [1.165, 1.54) is 0 Å². The molecule has 0 saturated heterocycles. The van der Waals surface area contributed by atoms with E-state index in [0.717, 1.165) is 4.47 Å². The zero-order valence-electron chi connectivity index (χ0n) is 7.05. The fourth-order valence-corrected chi connectivity index (χ4v) is 1.48. The minimum Gasteiger partial charge on any atom is -0.325 e. The molecule has 1 N–H and O–H groups in total. The van der Waals surface area contributed by atoms with Crippen LogP contribution in [0, 0.1) is 11.3 Å². The van der Waals surface area contributed by atoms with Gasteiger partial charge in [-0.3, -0.25) is 4.79 Å². The van der Waals surface area contributed by atoms with Crippen molar-refractivity contribution in [2.75, 3.05) is 11.2 Å². The Balaban J connectivity index is 2.93. The van der Waals surface area contributed by atoms with E-state index in [2.05, 4.69) is 21.2 Å². The number of alkyl halides is 1. The first kappa shape index (κ1) is 11.0. The van der Waals surface area contributed by atoms with Crippen molar-refractivity contribution in [3.63, 3.8) is 0 Å². The van der Waals surface area contributed by atoms with Crippen molar-refractivity contribution in [3.8, 4) is 6.07 Å². The molecule has 0 unspecified atom stereocenters. The van der Waals surface area contributed by atoms with Crippen molar-refractivity contribution in [2.24, 2.45) is 0 Å². The third-order valence-corrected chi connectivity index (χ3v) is 2.13. The van der Waals surface area contributed by atoms with E-state index >= 15 is 0 Å². The van der Waals surface area contributed by atoms with Crippen LogP contribution in [0.5, 0.6) is 0 Å². The average Bonchev–Trinajstić information content (AvgIpc) is 2.16. The number of nitrogens with one attached hydrogen (secondary N) is 1. The molecule has 1 rings (SSSR count). The summed E-state index contributed by atoms with van der Waals surface area (Å²) >= 11 is 8.56. The lowest BCUT2D eigenvalue weighted by atomic mass is 10.2. The lowest BCUT2D eigenvalue weighted by molar-refractivity contribution is -0.113. The Hall–Kier alpha value is -1.05. The Kier molecular flexibility index (Phi) is 3.93. The molecule has 72 valence electrons. The number of carbonyl (C=O) groups excluding carboxylic acids is 1. The smallest absolute Gasteiger partial charge is 0.239 e. The molecule has 0 saturated carbocycles. The minimum atomic E-state index is -0.298. The summed E-state index contributed by atoms with van der Waals surface area (Å²) in [6, 6.07) is 6.93. The van der Waals surface area contributed by atoms with Gasteiger partial charge in [0.15, 0.2) is 0 Å². The Morgan fingerprint density at radius 1 is 1.57 bits per heavy atom. The van der Waals surface area contributed by atoms with Crippen LogP contribution < -0.4 is 5.32 Å². The number of halogens is 2. The van der Waals surface area contributed by atoms with Crippen LogP contribution in [0.3, 0.4) is 0 Å². The first-order chi connectivity index (χ1) is 6.65. The molecule has 0 aromatic heterocycles. The monoisotopic (exact) mass is 272 g/mol. The maximum atomic E-state index is 11.0. The van der Waals surface area contributed by atoms with Gasteiger partial charge in [0.25, 0.3) is 0 Å². The maximum Gasteiger partial charge on any atom is 0.239 e. The van der Waals surface area contributed by atoms with E-state index in [9.17, 15) is 4.79 Å². The molecular formula is C9H6BrClN2O. The third kappa shape index (κ3) is 3.02. The van der Waals surface area contributed by atoms with Crippen LogP contribution in [0.15, 0.2) is 22.7 Å². The SMILES string of the molecule is N#Cc1cc(Br)cc(NC(=O)CCl)c1. The van der Waals surface area contributed by atoms with Gasteiger partial charge >= 0.3 is 0 Å². The molecule has 0 aliphatic heterocycles. The van der Waals surface area contributed by atoms with Crippen molar-refractivity contribution in [1.82, 2.24) is 0 Å². The van der Waals surface area contributed by atoms with Crippen LogP contribution in [0.1, 0.15) is 5.56 Å². The normalized spacial score (nSPS) is 9.21. The van der Waals surface area contributed by atoms with Gasteiger partial charge in [-0.2, -0.15) is 5.26 Å². The van der Waals surface area contributed by atoms with Crippen LogP contribution in [0.4, 0.5) is 5.69 Å². The Labute approximate surface area is 94.8 Å². The van der Waals surface area contributed by atoms with Gasteiger partial charge in [0.05, 0.1) is 11.6 Å². The molecule has 0 aliphatic rings. The summed E-state index contributed by atoms with van der Waals surface area (Å²) in [4.78, 5) is 11.0. The topological polar surface area (TPSA) is 52.9 Å². The van der Waals surface area contributed by atoms with Crippen LogP contribution in [-0.4, -0.2) is 11.8 Å². The number of benzene rings is 1. The molecule has 1 aromatic rings. The molecule has 0 aliphatic carbocycles. The van der Waals surface area contributed by atoms with E-state index in [0.29, 0.717) is 11.3 Å². The lowest BCUT2D eigenvalue weighted by Gasteiger charge is -2.03. The molecule has 14 heavy (non-hydrogen) atoms. The van der Waals surface area contributed by atoms with Gasteiger partial charge in [0.1, 0.15) is 5.88 Å². The van der Waals surface area contributed by atoms with Gasteiger partial charge in [-0.05, 0) is 18.2 Å². The number of carbonyl (C=O) groups is 1. The van der Waals surface area contributed by atoms with Crippen LogP contribution in [0.25, 0.3) is 0 Å². The molecule has 0 bridgehead atoms. The standard InChI is InChI=1S/C9H6BrClN2O/c10-7-1-6(5-12)2-8(3-7)13-9(14)4-11/h1-3H,4H2,(H,13,14). The highest BCUT2D eigenvalue weighted by Gasteiger charge is 2.02. The molecular weight excluding hydrogens is 267 g/mol. The molecule has 0 heterocycles. The Morgan fingerprint density at radius 3 is 2.86 bits per heavy atom. The van der Waals surface area contributed by atoms with Crippen LogP contribution >= 0.6 is 27.5 Å². The Bertz CT molecular complexity index is 400. The van der Waals surface area contributed by atoms with Gasteiger partial charge in [-0.15, -0.1) is 11.6 Å². The summed E-state index contributed by atoms with van der Waals surface area (Å²) in [6.45, 7) is 0. The molecule has 0 fully saturated rings. The number of anilines is 1. The van der Waals surface area contributed by atoms with Gasteiger partial charge in [-0.1, -0.05) is 15.9 Å². The van der Waals surface area contributed by atoms with Crippen molar-refractivity contribution < 1.29 is 4.79 Å². The second-order valence-corrected chi connectivity index (χ2v) is 3.71. The zero-order valence-corrected chi connectivity index (χ0v) is 9.39. The molecule has 1 aromatic carbocycles. The van der Waals surface area contributed by atoms with Crippen molar-refractivity contribution in [2.45, 2.75) is 0 Å². The number of hydrogen-bond donors (Lipinski definition) is 1. The number of amides is 1. The zero-order chi connectivity index (χ0) is 10.6. The second kappa shape index (κ2) is 4.99. The van der Waals surface area contributed by atoms with Crippen LogP contribution in [-0.2, 0) is 4.79 Å². The summed E-state index contributed by atoms with van der Waals surface area (Å²) in [6.07, 6.45) is 0. The highest BCUT2D eigenvalue weighted by Crippen LogP contribution is 2.19. The fraction of sp³-hybridized carbons (Fsp3) is 0.111. The lowest BCUT2D eigenvalue weighted by Crippen LogP contribution is -2.12.